The highest BCUT2D eigenvalue weighted by atomic mass is 35.5. The Kier molecular flexibility index (Phi) is 4.77. The van der Waals surface area contributed by atoms with Gasteiger partial charge in [0.1, 0.15) is 0 Å². The summed E-state index contributed by atoms with van der Waals surface area (Å²) >= 11 is 11.8. The van der Waals surface area contributed by atoms with Crippen molar-refractivity contribution in [2.75, 3.05) is 4.72 Å². The van der Waals surface area contributed by atoms with Gasteiger partial charge in [-0.2, -0.15) is 5.10 Å². The summed E-state index contributed by atoms with van der Waals surface area (Å²) in [6, 6.07) is 13.7. The van der Waals surface area contributed by atoms with Crippen LogP contribution in [0.4, 0.5) is 5.69 Å². The van der Waals surface area contributed by atoms with Gasteiger partial charge < -0.3 is 0 Å². The van der Waals surface area contributed by atoms with E-state index in [1.165, 1.54) is 18.2 Å². The maximum atomic E-state index is 12.7. The van der Waals surface area contributed by atoms with Gasteiger partial charge in [0.05, 0.1) is 37.7 Å². The van der Waals surface area contributed by atoms with Crippen LogP contribution in [0.2, 0.25) is 10.0 Å². The molecule has 3 aromatic rings. The highest BCUT2D eigenvalue weighted by molar-refractivity contribution is 7.92. The minimum atomic E-state index is -3.81. The number of rotatable bonds is 4. The number of halogens is 2. The number of aromatic nitrogens is 2. The average molecular weight is 396 g/mol. The fourth-order valence-electron chi connectivity index (χ4n) is 2.45. The Morgan fingerprint density at radius 3 is 2.32 bits per heavy atom. The van der Waals surface area contributed by atoms with E-state index in [-0.39, 0.29) is 9.92 Å². The molecule has 0 bridgehead atoms. The smallest absolute Gasteiger partial charge is 0.262 e. The third-order valence-electron chi connectivity index (χ3n) is 3.73. The first kappa shape index (κ1) is 17.8. The highest BCUT2D eigenvalue weighted by Gasteiger charge is 2.21. The summed E-state index contributed by atoms with van der Waals surface area (Å²) in [6.45, 7) is 3.55. The molecule has 0 atom stereocenters. The second-order valence-electron chi connectivity index (χ2n) is 5.47. The molecule has 0 aliphatic rings. The van der Waals surface area contributed by atoms with E-state index >= 15 is 0 Å². The number of benzene rings is 2. The number of anilines is 1. The molecule has 1 N–H and O–H groups in total. The topological polar surface area (TPSA) is 64.0 Å². The molecule has 0 aliphatic heterocycles. The van der Waals surface area contributed by atoms with Crippen molar-refractivity contribution in [2.24, 2.45) is 0 Å². The molecular weight excluding hydrogens is 381 g/mol. The van der Waals surface area contributed by atoms with Crippen LogP contribution in [-0.4, -0.2) is 18.2 Å². The molecule has 0 spiro atoms. The normalized spacial score (nSPS) is 11.5. The standard InChI is InChI=1S/C17H15Cl2N3O2S/c1-11-17(12(2)22(20-11)13-6-4-3-5-7-13)21-25(23,24)14-8-9-15(18)16(19)10-14/h3-10,21H,1-2H3. The second kappa shape index (κ2) is 6.71. The van der Waals surface area contributed by atoms with Crippen molar-refractivity contribution in [1.29, 1.82) is 0 Å². The van der Waals surface area contributed by atoms with E-state index in [0.29, 0.717) is 22.1 Å². The van der Waals surface area contributed by atoms with Crippen molar-refractivity contribution in [3.8, 4) is 5.69 Å². The zero-order valence-electron chi connectivity index (χ0n) is 13.5. The van der Waals surface area contributed by atoms with E-state index in [2.05, 4.69) is 9.82 Å². The van der Waals surface area contributed by atoms with Gasteiger partial charge in [-0.05, 0) is 44.2 Å². The van der Waals surface area contributed by atoms with Gasteiger partial charge in [-0.1, -0.05) is 41.4 Å². The Morgan fingerprint density at radius 1 is 1.00 bits per heavy atom. The molecule has 0 fully saturated rings. The van der Waals surface area contributed by atoms with Crippen LogP contribution in [0, 0.1) is 13.8 Å². The van der Waals surface area contributed by atoms with Crippen LogP contribution in [0.5, 0.6) is 0 Å². The lowest BCUT2D eigenvalue weighted by Gasteiger charge is -2.10. The maximum absolute atomic E-state index is 12.7. The number of sulfonamides is 1. The van der Waals surface area contributed by atoms with Crippen molar-refractivity contribution in [3.63, 3.8) is 0 Å². The van der Waals surface area contributed by atoms with Gasteiger partial charge in [-0.15, -0.1) is 0 Å². The SMILES string of the molecule is Cc1nn(-c2ccccc2)c(C)c1NS(=O)(=O)c1ccc(Cl)c(Cl)c1. The maximum Gasteiger partial charge on any atom is 0.262 e. The fraction of sp³-hybridized carbons (Fsp3) is 0.118. The van der Waals surface area contributed by atoms with Crippen LogP contribution in [0.3, 0.4) is 0 Å². The zero-order valence-corrected chi connectivity index (χ0v) is 15.8. The number of aryl methyl sites for hydroxylation is 1. The first-order chi connectivity index (χ1) is 11.8. The van der Waals surface area contributed by atoms with Gasteiger partial charge in [0.2, 0.25) is 0 Å². The third kappa shape index (κ3) is 3.51. The summed E-state index contributed by atoms with van der Waals surface area (Å²) in [6.07, 6.45) is 0. The Hall–Kier alpha value is -2.02. The predicted octanol–water partition coefficient (Wildman–Crippen LogP) is 4.60. The molecule has 1 aromatic heterocycles. The molecule has 0 unspecified atom stereocenters. The lowest BCUT2D eigenvalue weighted by atomic mass is 10.3. The summed E-state index contributed by atoms with van der Waals surface area (Å²) in [5.74, 6) is 0. The molecule has 8 heteroatoms. The van der Waals surface area contributed by atoms with Crippen molar-refractivity contribution in [1.82, 2.24) is 9.78 Å². The lowest BCUT2D eigenvalue weighted by molar-refractivity contribution is 0.601. The van der Waals surface area contributed by atoms with Crippen LogP contribution in [0.1, 0.15) is 11.4 Å². The summed E-state index contributed by atoms with van der Waals surface area (Å²) in [7, 11) is -3.81. The molecule has 25 heavy (non-hydrogen) atoms. The Bertz CT molecular complexity index is 1030. The van der Waals surface area contributed by atoms with E-state index < -0.39 is 10.0 Å². The minimum absolute atomic E-state index is 0.0353. The van der Waals surface area contributed by atoms with E-state index in [4.69, 9.17) is 23.2 Å². The van der Waals surface area contributed by atoms with Gasteiger partial charge in [-0.25, -0.2) is 13.1 Å². The van der Waals surface area contributed by atoms with Gasteiger partial charge in [0.25, 0.3) is 10.0 Å². The monoisotopic (exact) mass is 395 g/mol. The molecule has 2 aromatic carbocycles. The molecule has 0 aliphatic carbocycles. The second-order valence-corrected chi connectivity index (χ2v) is 7.97. The van der Waals surface area contributed by atoms with Gasteiger partial charge in [0, 0.05) is 0 Å². The Balaban J connectivity index is 2.00. The van der Waals surface area contributed by atoms with Crippen LogP contribution >= 0.6 is 23.2 Å². The van der Waals surface area contributed by atoms with Gasteiger partial charge in [0.15, 0.2) is 0 Å². The van der Waals surface area contributed by atoms with Gasteiger partial charge in [-0.3, -0.25) is 4.72 Å². The molecule has 3 rings (SSSR count). The first-order valence-electron chi connectivity index (χ1n) is 7.39. The van der Waals surface area contributed by atoms with Crippen molar-refractivity contribution in [3.05, 3.63) is 70.0 Å². The number of nitrogens with one attached hydrogen (secondary N) is 1. The summed E-state index contributed by atoms with van der Waals surface area (Å²) in [5, 5.41) is 4.91. The fourth-order valence-corrected chi connectivity index (χ4v) is 4.01. The van der Waals surface area contributed by atoms with Gasteiger partial charge >= 0.3 is 0 Å². The molecule has 0 amide bonds. The number of nitrogens with zero attached hydrogens (tertiary/aromatic N) is 2. The zero-order chi connectivity index (χ0) is 18.2. The van der Waals surface area contributed by atoms with Crippen LogP contribution < -0.4 is 4.72 Å². The molecule has 0 saturated carbocycles. The molecule has 1 heterocycles. The highest BCUT2D eigenvalue weighted by Crippen LogP contribution is 2.28. The predicted molar refractivity (Wildman–Crippen MR) is 100 cm³/mol. The van der Waals surface area contributed by atoms with Crippen LogP contribution in [-0.2, 0) is 10.0 Å². The number of para-hydroxylation sites is 1. The van der Waals surface area contributed by atoms with Crippen LogP contribution in [0.25, 0.3) is 5.69 Å². The molecule has 130 valence electrons. The lowest BCUT2D eigenvalue weighted by Crippen LogP contribution is -2.14. The largest absolute Gasteiger partial charge is 0.276 e. The average Bonchev–Trinajstić information content (AvgIpc) is 2.86. The molecule has 0 radical (unpaired) electrons. The molecule has 0 saturated heterocycles. The van der Waals surface area contributed by atoms with E-state index in [1.807, 2.05) is 30.3 Å². The number of hydrogen-bond acceptors (Lipinski definition) is 3. The van der Waals surface area contributed by atoms with Crippen molar-refractivity contribution in [2.45, 2.75) is 18.7 Å². The summed E-state index contributed by atoms with van der Waals surface area (Å²) < 4.78 is 29.6. The summed E-state index contributed by atoms with van der Waals surface area (Å²) in [4.78, 5) is 0.0353. The van der Waals surface area contributed by atoms with E-state index in [0.717, 1.165) is 5.69 Å². The first-order valence-corrected chi connectivity index (χ1v) is 9.63. The van der Waals surface area contributed by atoms with E-state index in [9.17, 15) is 8.42 Å². The number of hydrogen-bond donors (Lipinski definition) is 1. The van der Waals surface area contributed by atoms with Crippen molar-refractivity contribution < 1.29 is 8.42 Å². The minimum Gasteiger partial charge on any atom is -0.276 e. The van der Waals surface area contributed by atoms with Crippen molar-refractivity contribution >= 4 is 38.9 Å². The van der Waals surface area contributed by atoms with Crippen LogP contribution in [0.15, 0.2) is 53.4 Å². The Labute approximate surface area is 156 Å². The Morgan fingerprint density at radius 2 is 1.68 bits per heavy atom. The van der Waals surface area contributed by atoms with E-state index in [1.54, 1.807) is 18.5 Å². The molecular formula is C17H15Cl2N3O2S. The third-order valence-corrected chi connectivity index (χ3v) is 5.82. The summed E-state index contributed by atoms with van der Waals surface area (Å²) in [5.41, 5.74) is 2.55. The quantitative estimate of drug-likeness (QED) is 0.701. The molecule has 5 nitrogen and oxygen atoms in total.